The molecular formula is C22H18. The highest BCUT2D eigenvalue weighted by Crippen LogP contribution is 2.46. The normalized spacial score (nSPS) is 15.0. The van der Waals surface area contributed by atoms with Crippen molar-refractivity contribution in [3.63, 3.8) is 0 Å². The zero-order valence-electron chi connectivity index (χ0n) is 13.0. The molecule has 1 aliphatic rings. The minimum atomic E-state index is 1.14. The predicted molar refractivity (Wildman–Crippen MR) is 96.8 cm³/mol. The summed E-state index contributed by atoms with van der Waals surface area (Å²) in [5.74, 6) is 0. The second kappa shape index (κ2) is 4.71. The molecule has 0 unspecified atom stereocenters. The number of allylic oxidation sites excluding steroid dienone is 3. The van der Waals surface area contributed by atoms with E-state index in [4.69, 9.17) is 0 Å². The van der Waals surface area contributed by atoms with E-state index in [1.807, 2.05) is 0 Å². The molecule has 0 fully saturated rings. The van der Waals surface area contributed by atoms with Crippen LogP contribution in [0.5, 0.6) is 0 Å². The lowest BCUT2D eigenvalue weighted by molar-refractivity contribution is 1.47. The van der Waals surface area contributed by atoms with Crippen LogP contribution in [-0.4, -0.2) is 0 Å². The van der Waals surface area contributed by atoms with E-state index in [0.717, 1.165) is 5.57 Å². The van der Waals surface area contributed by atoms with Gasteiger partial charge in [0.15, 0.2) is 0 Å². The predicted octanol–water partition coefficient (Wildman–Crippen LogP) is 6.25. The van der Waals surface area contributed by atoms with Gasteiger partial charge in [0.05, 0.1) is 0 Å². The molecule has 0 aromatic heterocycles. The van der Waals surface area contributed by atoms with Crippen molar-refractivity contribution in [2.24, 2.45) is 0 Å². The van der Waals surface area contributed by atoms with Gasteiger partial charge < -0.3 is 0 Å². The lowest BCUT2D eigenvalue weighted by Gasteiger charge is -2.10. The smallest absolute Gasteiger partial charge is 0.00205 e. The van der Waals surface area contributed by atoms with E-state index in [2.05, 4.69) is 81.1 Å². The first-order chi connectivity index (χ1) is 10.7. The van der Waals surface area contributed by atoms with Gasteiger partial charge in [-0.05, 0) is 58.0 Å². The minimum absolute atomic E-state index is 1.14. The van der Waals surface area contributed by atoms with Gasteiger partial charge in [-0.15, -0.1) is 0 Å². The van der Waals surface area contributed by atoms with Gasteiger partial charge in [-0.1, -0.05) is 72.8 Å². The molecule has 0 radical (unpaired) electrons. The van der Waals surface area contributed by atoms with Crippen LogP contribution in [0.2, 0.25) is 0 Å². The molecule has 0 aliphatic heterocycles. The molecule has 0 spiro atoms. The van der Waals surface area contributed by atoms with E-state index in [9.17, 15) is 0 Å². The van der Waals surface area contributed by atoms with Gasteiger partial charge in [-0.2, -0.15) is 0 Å². The Kier molecular flexibility index (Phi) is 2.80. The van der Waals surface area contributed by atoms with Crippen molar-refractivity contribution in [3.05, 3.63) is 83.9 Å². The van der Waals surface area contributed by atoms with Crippen molar-refractivity contribution in [2.75, 3.05) is 0 Å². The van der Waals surface area contributed by atoms with Crippen LogP contribution in [0.15, 0.2) is 67.3 Å². The lowest BCUT2D eigenvalue weighted by atomic mass is 9.94. The summed E-state index contributed by atoms with van der Waals surface area (Å²) in [6.07, 6.45) is 2.17. The molecule has 0 N–H and O–H groups in total. The van der Waals surface area contributed by atoms with Gasteiger partial charge in [0.25, 0.3) is 0 Å². The highest BCUT2D eigenvalue weighted by Gasteiger charge is 2.23. The molecule has 3 aromatic rings. The zero-order valence-corrected chi connectivity index (χ0v) is 13.0. The Hall–Kier alpha value is -2.60. The van der Waals surface area contributed by atoms with Crippen LogP contribution in [0.3, 0.4) is 0 Å². The maximum absolute atomic E-state index is 4.29. The lowest BCUT2D eigenvalue weighted by Crippen LogP contribution is -1.85. The van der Waals surface area contributed by atoms with E-state index in [1.165, 1.54) is 44.2 Å². The van der Waals surface area contributed by atoms with Gasteiger partial charge in [-0.25, -0.2) is 0 Å². The summed E-state index contributed by atoms with van der Waals surface area (Å²) in [6.45, 7) is 8.53. The Balaban J connectivity index is 2.10. The van der Waals surface area contributed by atoms with Gasteiger partial charge in [-0.3, -0.25) is 0 Å². The molecule has 0 bridgehead atoms. The van der Waals surface area contributed by atoms with E-state index < -0.39 is 0 Å². The average molecular weight is 282 g/mol. The molecule has 0 heterocycles. The Bertz CT molecular complexity index is 955. The van der Waals surface area contributed by atoms with Crippen LogP contribution in [0.1, 0.15) is 23.6 Å². The molecule has 106 valence electrons. The van der Waals surface area contributed by atoms with Crippen LogP contribution in [0.25, 0.3) is 33.0 Å². The first-order valence-corrected chi connectivity index (χ1v) is 7.70. The SMILES string of the molecule is C=C1/C(=C\C)c2ccc(-c3cccc(C)c3)c3cccc1c23. The van der Waals surface area contributed by atoms with Crippen molar-refractivity contribution < 1.29 is 0 Å². The van der Waals surface area contributed by atoms with Crippen molar-refractivity contribution in [3.8, 4) is 11.1 Å². The summed E-state index contributed by atoms with van der Waals surface area (Å²) in [5.41, 5.74) is 8.87. The quantitative estimate of drug-likeness (QED) is 0.495. The summed E-state index contributed by atoms with van der Waals surface area (Å²) in [5, 5.41) is 2.67. The molecule has 1 aliphatic carbocycles. The van der Waals surface area contributed by atoms with Crippen molar-refractivity contribution in [1.29, 1.82) is 0 Å². The highest BCUT2D eigenvalue weighted by molar-refractivity contribution is 6.23. The number of hydrogen-bond acceptors (Lipinski definition) is 0. The number of hydrogen-bond donors (Lipinski definition) is 0. The molecule has 22 heavy (non-hydrogen) atoms. The minimum Gasteiger partial charge on any atom is -0.0905 e. The van der Waals surface area contributed by atoms with Crippen LogP contribution >= 0.6 is 0 Å². The zero-order chi connectivity index (χ0) is 15.3. The number of rotatable bonds is 1. The molecule has 0 atom stereocenters. The molecule has 0 saturated carbocycles. The van der Waals surface area contributed by atoms with Crippen molar-refractivity contribution in [2.45, 2.75) is 13.8 Å². The van der Waals surface area contributed by atoms with E-state index >= 15 is 0 Å². The Labute approximate surface area is 131 Å². The second-order valence-corrected chi connectivity index (χ2v) is 5.94. The monoisotopic (exact) mass is 282 g/mol. The third-order valence-corrected chi connectivity index (χ3v) is 4.60. The van der Waals surface area contributed by atoms with Crippen LogP contribution in [0, 0.1) is 6.92 Å². The second-order valence-electron chi connectivity index (χ2n) is 5.94. The number of benzene rings is 3. The van der Waals surface area contributed by atoms with Crippen molar-refractivity contribution in [1.82, 2.24) is 0 Å². The first-order valence-electron chi connectivity index (χ1n) is 7.70. The Morgan fingerprint density at radius 3 is 2.41 bits per heavy atom. The van der Waals surface area contributed by atoms with Crippen LogP contribution in [0.4, 0.5) is 0 Å². The summed E-state index contributed by atoms with van der Waals surface area (Å²) >= 11 is 0. The maximum atomic E-state index is 4.29. The van der Waals surface area contributed by atoms with Gasteiger partial charge in [0, 0.05) is 0 Å². The first kappa shape index (κ1) is 13.1. The van der Waals surface area contributed by atoms with E-state index in [0.29, 0.717) is 0 Å². The fraction of sp³-hybridized carbons (Fsp3) is 0.0909. The fourth-order valence-electron chi connectivity index (χ4n) is 3.58. The molecule has 4 rings (SSSR count). The van der Waals surface area contributed by atoms with Gasteiger partial charge >= 0.3 is 0 Å². The van der Waals surface area contributed by atoms with E-state index in [1.54, 1.807) is 0 Å². The standard InChI is InChI=1S/C22H18/c1-4-17-15(3)18-9-6-10-20-19(11-12-21(17)22(18)20)16-8-5-7-14(2)13-16/h4-13H,3H2,1-2H3/b17-4+. The molecule has 0 saturated heterocycles. The largest absolute Gasteiger partial charge is 0.0905 e. The molecule has 0 amide bonds. The maximum Gasteiger partial charge on any atom is -0.00205 e. The van der Waals surface area contributed by atoms with Crippen LogP contribution < -0.4 is 0 Å². The fourth-order valence-corrected chi connectivity index (χ4v) is 3.58. The highest BCUT2D eigenvalue weighted by atomic mass is 14.3. The summed E-state index contributed by atoms with van der Waals surface area (Å²) < 4.78 is 0. The molecule has 0 heteroatoms. The molecule has 3 aromatic carbocycles. The van der Waals surface area contributed by atoms with Gasteiger partial charge in [0.1, 0.15) is 0 Å². The summed E-state index contributed by atoms with van der Waals surface area (Å²) in [4.78, 5) is 0. The number of aryl methyl sites for hydroxylation is 1. The topological polar surface area (TPSA) is 0 Å². The Morgan fingerprint density at radius 2 is 1.64 bits per heavy atom. The van der Waals surface area contributed by atoms with Gasteiger partial charge in [0.2, 0.25) is 0 Å². The molecule has 0 nitrogen and oxygen atoms in total. The van der Waals surface area contributed by atoms with E-state index in [-0.39, 0.29) is 0 Å². The average Bonchev–Trinajstić information content (AvgIpc) is 2.82. The summed E-state index contributed by atoms with van der Waals surface area (Å²) in [6, 6.07) is 19.8. The molecular weight excluding hydrogens is 264 g/mol. The van der Waals surface area contributed by atoms with Crippen LogP contribution in [-0.2, 0) is 0 Å². The van der Waals surface area contributed by atoms with Crippen molar-refractivity contribution >= 4 is 21.9 Å². The summed E-state index contributed by atoms with van der Waals surface area (Å²) in [7, 11) is 0. The third-order valence-electron chi connectivity index (χ3n) is 4.60. The Morgan fingerprint density at radius 1 is 0.864 bits per heavy atom. The third kappa shape index (κ3) is 1.70.